The highest BCUT2D eigenvalue weighted by atomic mass is 35.5. The molecule has 11 heteroatoms. The molecule has 0 saturated carbocycles. The van der Waals surface area contributed by atoms with Gasteiger partial charge in [-0.1, -0.05) is 16.8 Å². The normalized spacial score (nSPS) is 15.3. The molecule has 1 aliphatic rings. The van der Waals surface area contributed by atoms with Gasteiger partial charge in [0.15, 0.2) is 0 Å². The lowest BCUT2D eigenvalue weighted by atomic mass is 9.97. The number of aromatic nitrogens is 2. The van der Waals surface area contributed by atoms with Crippen LogP contribution in [0.3, 0.4) is 0 Å². The number of piperidine rings is 1. The molecular formula is C22H23ClN4O5S. The molecule has 0 bridgehead atoms. The summed E-state index contributed by atoms with van der Waals surface area (Å²) >= 11 is 5.89. The van der Waals surface area contributed by atoms with Crippen LogP contribution in [0, 0.1) is 5.92 Å². The molecule has 0 atom stereocenters. The Labute approximate surface area is 196 Å². The number of nitrogens with zero attached hydrogens (tertiary/aromatic N) is 3. The van der Waals surface area contributed by atoms with Gasteiger partial charge in [0.2, 0.25) is 27.6 Å². The van der Waals surface area contributed by atoms with E-state index < -0.39 is 10.0 Å². The SMILES string of the molecule is COc1ccc(S(=O)(=O)N2CCC(C(=O)NCc3nc(-c4ccc(Cl)cc4)no3)CC2)cc1. The molecule has 9 nitrogen and oxygen atoms in total. The molecule has 2 aromatic carbocycles. The minimum atomic E-state index is -3.61. The summed E-state index contributed by atoms with van der Waals surface area (Å²) in [6, 6.07) is 13.3. The van der Waals surface area contributed by atoms with Gasteiger partial charge >= 0.3 is 0 Å². The maximum atomic E-state index is 12.9. The number of hydrogen-bond acceptors (Lipinski definition) is 7. The number of amides is 1. The number of halogens is 1. The molecule has 0 spiro atoms. The van der Waals surface area contributed by atoms with Crippen molar-refractivity contribution >= 4 is 27.5 Å². The molecule has 1 aromatic heterocycles. The predicted molar refractivity (Wildman–Crippen MR) is 121 cm³/mol. The van der Waals surface area contributed by atoms with Crippen molar-refractivity contribution in [3.63, 3.8) is 0 Å². The van der Waals surface area contributed by atoms with Gasteiger partial charge in [-0.05, 0) is 61.4 Å². The predicted octanol–water partition coefficient (Wildman–Crippen LogP) is 3.12. The molecule has 2 heterocycles. The van der Waals surface area contributed by atoms with Gasteiger partial charge in [0, 0.05) is 29.6 Å². The smallest absolute Gasteiger partial charge is 0.246 e. The molecule has 0 radical (unpaired) electrons. The highest BCUT2D eigenvalue weighted by Crippen LogP contribution is 2.25. The van der Waals surface area contributed by atoms with Crippen LogP contribution >= 0.6 is 11.6 Å². The van der Waals surface area contributed by atoms with Gasteiger partial charge in [-0.25, -0.2) is 8.42 Å². The van der Waals surface area contributed by atoms with E-state index in [2.05, 4.69) is 15.5 Å². The van der Waals surface area contributed by atoms with E-state index in [0.29, 0.717) is 29.4 Å². The minimum Gasteiger partial charge on any atom is -0.497 e. The van der Waals surface area contributed by atoms with Gasteiger partial charge in [0.25, 0.3) is 0 Å². The fraction of sp³-hybridized carbons (Fsp3) is 0.318. The van der Waals surface area contributed by atoms with Crippen LogP contribution in [0.25, 0.3) is 11.4 Å². The Morgan fingerprint density at radius 1 is 1.15 bits per heavy atom. The lowest BCUT2D eigenvalue weighted by Crippen LogP contribution is -2.42. The largest absolute Gasteiger partial charge is 0.497 e. The van der Waals surface area contributed by atoms with Crippen LogP contribution in [-0.2, 0) is 21.4 Å². The van der Waals surface area contributed by atoms with Crippen LogP contribution in [0.4, 0.5) is 0 Å². The monoisotopic (exact) mass is 490 g/mol. The van der Waals surface area contributed by atoms with Crippen LogP contribution < -0.4 is 10.1 Å². The van der Waals surface area contributed by atoms with Gasteiger partial charge in [0.1, 0.15) is 5.75 Å². The molecule has 1 amide bonds. The minimum absolute atomic E-state index is 0.101. The zero-order chi connectivity index (χ0) is 23.4. The van der Waals surface area contributed by atoms with Gasteiger partial charge in [0.05, 0.1) is 18.6 Å². The third-order valence-electron chi connectivity index (χ3n) is 5.51. The summed E-state index contributed by atoms with van der Waals surface area (Å²) in [6.45, 7) is 0.644. The van der Waals surface area contributed by atoms with E-state index in [0.717, 1.165) is 5.56 Å². The van der Waals surface area contributed by atoms with E-state index in [1.54, 1.807) is 36.4 Å². The van der Waals surface area contributed by atoms with Crippen molar-refractivity contribution in [1.82, 2.24) is 19.8 Å². The molecule has 174 valence electrons. The molecule has 1 aliphatic heterocycles. The Balaban J connectivity index is 1.29. The van der Waals surface area contributed by atoms with Crippen LogP contribution in [0.15, 0.2) is 57.9 Å². The van der Waals surface area contributed by atoms with Gasteiger partial charge in [-0.2, -0.15) is 9.29 Å². The molecule has 0 unspecified atom stereocenters. The molecule has 1 saturated heterocycles. The lowest BCUT2D eigenvalue weighted by molar-refractivity contribution is -0.126. The Morgan fingerprint density at radius 2 is 1.82 bits per heavy atom. The number of methoxy groups -OCH3 is 1. The van der Waals surface area contributed by atoms with Crippen molar-refractivity contribution in [3.8, 4) is 17.1 Å². The second-order valence-corrected chi connectivity index (χ2v) is 9.96. The number of hydrogen-bond donors (Lipinski definition) is 1. The van der Waals surface area contributed by atoms with Crippen LogP contribution in [0.1, 0.15) is 18.7 Å². The zero-order valence-electron chi connectivity index (χ0n) is 17.9. The fourth-order valence-electron chi connectivity index (χ4n) is 3.61. The number of sulfonamides is 1. The van der Waals surface area contributed by atoms with Crippen molar-refractivity contribution in [1.29, 1.82) is 0 Å². The molecule has 33 heavy (non-hydrogen) atoms. The molecule has 1 N–H and O–H groups in total. The highest BCUT2D eigenvalue weighted by Gasteiger charge is 2.32. The Bertz CT molecular complexity index is 1200. The summed E-state index contributed by atoms with van der Waals surface area (Å²) in [5.41, 5.74) is 0.756. The van der Waals surface area contributed by atoms with Crippen molar-refractivity contribution < 1.29 is 22.5 Å². The number of ether oxygens (including phenoxy) is 1. The van der Waals surface area contributed by atoms with Crippen molar-refractivity contribution in [3.05, 3.63) is 59.4 Å². The number of benzene rings is 2. The van der Waals surface area contributed by atoms with Gasteiger partial charge in [-0.3, -0.25) is 4.79 Å². The van der Waals surface area contributed by atoms with E-state index in [1.807, 2.05) is 0 Å². The average molecular weight is 491 g/mol. The Hall–Kier alpha value is -2.95. The van der Waals surface area contributed by atoms with Crippen LogP contribution in [0.2, 0.25) is 5.02 Å². The van der Waals surface area contributed by atoms with Gasteiger partial charge in [-0.15, -0.1) is 0 Å². The summed E-state index contributed by atoms with van der Waals surface area (Å²) in [5.74, 6) is 0.834. The summed E-state index contributed by atoms with van der Waals surface area (Å²) in [4.78, 5) is 17.1. The molecule has 0 aliphatic carbocycles. The summed E-state index contributed by atoms with van der Waals surface area (Å²) in [5, 5.41) is 7.33. The first kappa shape index (κ1) is 23.2. The second kappa shape index (κ2) is 9.90. The summed E-state index contributed by atoms with van der Waals surface area (Å²) < 4.78 is 37.4. The van der Waals surface area contributed by atoms with Crippen molar-refractivity contribution in [2.75, 3.05) is 20.2 Å². The fourth-order valence-corrected chi connectivity index (χ4v) is 5.20. The first-order valence-corrected chi connectivity index (χ1v) is 12.2. The van der Waals surface area contributed by atoms with E-state index in [9.17, 15) is 13.2 Å². The summed E-state index contributed by atoms with van der Waals surface area (Å²) in [7, 11) is -2.09. The first-order chi connectivity index (χ1) is 15.9. The van der Waals surface area contributed by atoms with Crippen LogP contribution in [-0.4, -0.2) is 49.0 Å². The highest BCUT2D eigenvalue weighted by molar-refractivity contribution is 7.89. The van der Waals surface area contributed by atoms with Gasteiger partial charge < -0.3 is 14.6 Å². The zero-order valence-corrected chi connectivity index (χ0v) is 19.5. The number of rotatable bonds is 7. The molecule has 1 fully saturated rings. The second-order valence-electron chi connectivity index (χ2n) is 7.59. The van der Waals surface area contributed by atoms with Crippen LogP contribution in [0.5, 0.6) is 5.75 Å². The van der Waals surface area contributed by atoms with Crippen molar-refractivity contribution in [2.45, 2.75) is 24.3 Å². The molecular weight excluding hydrogens is 468 g/mol. The lowest BCUT2D eigenvalue weighted by Gasteiger charge is -2.30. The number of nitrogens with one attached hydrogen (secondary N) is 1. The Kier molecular flexibility index (Phi) is 6.96. The first-order valence-electron chi connectivity index (χ1n) is 10.4. The molecule has 4 rings (SSSR count). The van der Waals surface area contributed by atoms with E-state index in [-0.39, 0.29) is 42.2 Å². The quantitative estimate of drug-likeness (QED) is 0.541. The third-order valence-corrected chi connectivity index (χ3v) is 7.67. The average Bonchev–Trinajstić information content (AvgIpc) is 3.32. The van der Waals surface area contributed by atoms with E-state index in [4.69, 9.17) is 20.9 Å². The molecule has 3 aromatic rings. The maximum absolute atomic E-state index is 12.9. The van der Waals surface area contributed by atoms with E-state index >= 15 is 0 Å². The Morgan fingerprint density at radius 3 is 2.45 bits per heavy atom. The standard InChI is InChI=1S/C22H23ClN4O5S/c1-31-18-6-8-19(9-7-18)33(29,30)27-12-10-16(11-13-27)22(28)24-14-20-25-21(26-32-20)15-2-4-17(23)5-3-15/h2-9,16H,10-14H2,1H3,(H,24,28). The summed E-state index contributed by atoms with van der Waals surface area (Å²) in [6.07, 6.45) is 0.863. The number of carbonyl (C=O) groups is 1. The van der Waals surface area contributed by atoms with Crippen molar-refractivity contribution in [2.24, 2.45) is 5.92 Å². The number of carbonyl (C=O) groups excluding carboxylic acids is 1. The maximum Gasteiger partial charge on any atom is 0.246 e. The third kappa shape index (κ3) is 5.35. The van der Waals surface area contributed by atoms with E-state index in [1.165, 1.54) is 23.5 Å². The topological polar surface area (TPSA) is 115 Å².